The average molecular weight is 467 g/mol. The molecule has 0 radical (unpaired) electrons. The Morgan fingerprint density at radius 1 is 0.759 bits per heavy atom. The highest BCUT2D eigenvalue weighted by Gasteiger charge is 2.24. The summed E-state index contributed by atoms with van der Waals surface area (Å²) in [7, 11) is 2.96. The summed E-state index contributed by atoms with van der Waals surface area (Å²) in [6.07, 6.45) is 2.52. The number of thioether (sulfide) groups is 2. The topological polar surface area (TPSA) is 83.8 Å². The maximum absolute atomic E-state index is 12.2. The molecule has 0 heterocycles. The highest BCUT2D eigenvalue weighted by Crippen LogP contribution is 2.21. The molecular weight excluding hydrogens is 432 g/mol. The molecule has 29 heavy (non-hydrogen) atoms. The predicted molar refractivity (Wildman–Crippen MR) is 127 cm³/mol. The van der Waals surface area contributed by atoms with E-state index in [1.54, 1.807) is 23.5 Å². The van der Waals surface area contributed by atoms with E-state index in [0.717, 1.165) is 32.2 Å². The number of carbonyl (C=O) groups excluding carboxylic acids is 2. The Labute approximate surface area is 187 Å². The Hall–Kier alpha value is -1.07. The van der Waals surface area contributed by atoms with Crippen molar-refractivity contribution in [1.82, 2.24) is 8.61 Å². The van der Waals surface area contributed by atoms with Crippen LogP contribution in [0.4, 0.5) is 9.59 Å². The highest BCUT2D eigenvalue weighted by molar-refractivity contribution is 7.99. The lowest BCUT2D eigenvalue weighted by Crippen LogP contribution is -2.30. The number of rotatable bonds is 8. The molecule has 0 saturated heterocycles. The first-order chi connectivity index (χ1) is 13.2. The molecule has 0 aromatic carbocycles. The van der Waals surface area contributed by atoms with Crippen LogP contribution in [0.1, 0.15) is 41.5 Å². The van der Waals surface area contributed by atoms with E-state index >= 15 is 0 Å². The van der Waals surface area contributed by atoms with Gasteiger partial charge >= 0.3 is 12.2 Å². The third-order valence-electron chi connectivity index (χ3n) is 3.52. The van der Waals surface area contributed by atoms with Crippen LogP contribution in [-0.2, 0) is 9.68 Å². The quantitative estimate of drug-likeness (QED) is 0.210. The number of oxime groups is 2. The van der Waals surface area contributed by atoms with E-state index in [9.17, 15) is 9.59 Å². The van der Waals surface area contributed by atoms with E-state index in [1.165, 1.54) is 14.1 Å². The molecule has 2 amide bonds. The van der Waals surface area contributed by atoms with Gasteiger partial charge in [-0.25, -0.2) is 18.2 Å². The summed E-state index contributed by atoms with van der Waals surface area (Å²) in [6.45, 7) is 12.0. The van der Waals surface area contributed by atoms with Gasteiger partial charge in [0.1, 0.15) is 0 Å². The predicted octanol–water partition coefficient (Wildman–Crippen LogP) is 5.22. The van der Waals surface area contributed by atoms with Gasteiger partial charge in [-0.3, -0.25) is 9.68 Å². The van der Waals surface area contributed by atoms with Crippen molar-refractivity contribution < 1.29 is 19.3 Å². The standard InChI is InChI=1S/C18H34N4O4S3/c1-17(2,3)13(11-27-9)19-25-15(23)21(7)29-22(8)16(24)26-20-14(12-28-10)18(4,5)6/h11-12H2,1-10H3. The maximum atomic E-state index is 12.2. The fourth-order valence-electron chi connectivity index (χ4n) is 1.59. The van der Waals surface area contributed by atoms with Crippen molar-refractivity contribution in [3.63, 3.8) is 0 Å². The summed E-state index contributed by atoms with van der Waals surface area (Å²) in [4.78, 5) is 34.4. The van der Waals surface area contributed by atoms with Crippen LogP contribution in [0.2, 0.25) is 0 Å². The molecule has 0 N–H and O–H groups in total. The van der Waals surface area contributed by atoms with Crippen LogP contribution in [0.25, 0.3) is 0 Å². The lowest BCUT2D eigenvalue weighted by Gasteiger charge is -2.22. The molecule has 0 fully saturated rings. The highest BCUT2D eigenvalue weighted by atomic mass is 32.2. The van der Waals surface area contributed by atoms with Crippen molar-refractivity contribution in [1.29, 1.82) is 0 Å². The number of hydrogen-bond acceptors (Lipinski definition) is 9. The smallest absolute Gasteiger partial charge is 0.297 e. The zero-order chi connectivity index (χ0) is 22.8. The van der Waals surface area contributed by atoms with E-state index in [2.05, 4.69) is 10.3 Å². The fraction of sp³-hybridized carbons (Fsp3) is 0.778. The van der Waals surface area contributed by atoms with Crippen molar-refractivity contribution in [2.45, 2.75) is 41.5 Å². The Kier molecular flexibility index (Phi) is 12.1. The molecule has 0 atom stereocenters. The molecule has 0 aliphatic rings. The van der Waals surface area contributed by atoms with Gasteiger partial charge in [-0.05, 0) is 12.5 Å². The minimum absolute atomic E-state index is 0.213. The lowest BCUT2D eigenvalue weighted by atomic mass is 9.91. The molecule has 0 aromatic heterocycles. The lowest BCUT2D eigenvalue weighted by molar-refractivity contribution is 0.129. The summed E-state index contributed by atoms with van der Waals surface area (Å²) in [5.74, 6) is 1.31. The van der Waals surface area contributed by atoms with Crippen LogP contribution in [-0.4, -0.2) is 70.3 Å². The Morgan fingerprint density at radius 2 is 1.07 bits per heavy atom. The largest absolute Gasteiger partial charge is 0.447 e. The molecule has 0 aromatic rings. The second-order valence-electron chi connectivity index (χ2n) is 8.23. The molecule has 0 unspecified atom stereocenters. The second kappa shape index (κ2) is 12.6. The van der Waals surface area contributed by atoms with Crippen molar-refractivity contribution in [2.75, 3.05) is 38.1 Å². The zero-order valence-corrected chi connectivity index (χ0v) is 21.5. The summed E-state index contributed by atoms with van der Waals surface area (Å²) in [6, 6.07) is 0. The van der Waals surface area contributed by atoms with Crippen molar-refractivity contribution in [2.24, 2.45) is 21.1 Å². The summed E-state index contributed by atoms with van der Waals surface area (Å²) < 4.78 is 2.31. The first-order valence-corrected chi connectivity index (χ1v) is 12.5. The minimum atomic E-state index is -0.696. The normalized spacial score (nSPS) is 13.2. The number of carbonyl (C=O) groups is 2. The molecule has 11 heteroatoms. The molecule has 0 bridgehead atoms. The molecule has 0 saturated carbocycles. The molecule has 168 valence electrons. The summed E-state index contributed by atoms with van der Waals surface area (Å²) in [5, 5.41) is 7.99. The molecule has 0 aliphatic heterocycles. The van der Waals surface area contributed by atoms with Crippen LogP contribution >= 0.6 is 35.7 Å². The van der Waals surface area contributed by atoms with Crippen molar-refractivity contribution in [3.05, 3.63) is 0 Å². The van der Waals surface area contributed by atoms with Crippen LogP contribution in [0.15, 0.2) is 10.3 Å². The Bertz CT molecular complexity index is 561. The van der Waals surface area contributed by atoms with Gasteiger partial charge in [0, 0.05) is 36.4 Å². The Balaban J connectivity index is 4.88. The van der Waals surface area contributed by atoms with E-state index in [4.69, 9.17) is 9.68 Å². The summed E-state index contributed by atoms with van der Waals surface area (Å²) in [5.41, 5.74) is 1.11. The number of nitrogens with zero attached hydrogens (tertiary/aromatic N) is 4. The minimum Gasteiger partial charge on any atom is -0.297 e. The van der Waals surface area contributed by atoms with Gasteiger partial charge in [0.15, 0.2) is 0 Å². The van der Waals surface area contributed by atoms with E-state index in [-0.39, 0.29) is 10.8 Å². The number of hydrogen-bond donors (Lipinski definition) is 0. The third-order valence-corrected chi connectivity index (χ3v) is 5.43. The van der Waals surface area contributed by atoms with Gasteiger partial charge in [-0.2, -0.15) is 23.5 Å². The fourth-order valence-corrected chi connectivity index (χ4v) is 3.67. The zero-order valence-electron chi connectivity index (χ0n) is 19.1. The maximum Gasteiger partial charge on any atom is 0.447 e. The first-order valence-electron chi connectivity index (χ1n) is 8.94. The Morgan fingerprint density at radius 3 is 1.31 bits per heavy atom. The SMILES string of the molecule is CSCC(=NOC(=O)N(C)SN(C)C(=O)ON=C(CSC)C(C)(C)C)C(C)(C)C. The van der Waals surface area contributed by atoms with Gasteiger partial charge < -0.3 is 0 Å². The molecule has 0 rings (SSSR count). The van der Waals surface area contributed by atoms with Gasteiger partial charge in [0.25, 0.3) is 0 Å². The molecule has 0 spiro atoms. The van der Waals surface area contributed by atoms with E-state index in [1.807, 2.05) is 54.1 Å². The van der Waals surface area contributed by atoms with Crippen LogP contribution < -0.4 is 0 Å². The number of amides is 2. The van der Waals surface area contributed by atoms with Crippen molar-refractivity contribution in [3.8, 4) is 0 Å². The van der Waals surface area contributed by atoms with Gasteiger partial charge in [-0.1, -0.05) is 51.9 Å². The average Bonchev–Trinajstić information content (AvgIpc) is 2.59. The van der Waals surface area contributed by atoms with E-state index < -0.39 is 12.2 Å². The van der Waals surface area contributed by atoms with Gasteiger partial charge in [-0.15, -0.1) is 0 Å². The monoisotopic (exact) mass is 466 g/mol. The first kappa shape index (κ1) is 27.9. The van der Waals surface area contributed by atoms with Gasteiger partial charge in [0.2, 0.25) is 0 Å². The molecular formula is C18H34N4O4S3. The molecule has 0 aliphatic carbocycles. The van der Waals surface area contributed by atoms with Crippen LogP contribution in [0, 0.1) is 10.8 Å². The summed E-state index contributed by atoms with van der Waals surface area (Å²) >= 11 is 4.03. The third kappa shape index (κ3) is 11.0. The van der Waals surface area contributed by atoms with Crippen molar-refractivity contribution >= 4 is 59.3 Å². The second-order valence-corrected chi connectivity index (χ2v) is 11.2. The van der Waals surface area contributed by atoms with Gasteiger partial charge in [0.05, 0.1) is 23.6 Å². The molecule has 8 nitrogen and oxygen atoms in total. The van der Waals surface area contributed by atoms with Crippen LogP contribution in [0.5, 0.6) is 0 Å². The van der Waals surface area contributed by atoms with E-state index in [0.29, 0.717) is 11.5 Å². The van der Waals surface area contributed by atoms with Crippen LogP contribution in [0.3, 0.4) is 0 Å².